The molecule has 5 heterocycles. The highest BCUT2D eigenvalue weighted by molar-refractivity contribution is 6.36. The van der Waals surface area contributed by atoms with Gasteiger partial charge in [0.15, 0.2) is 0 Å². The zero-order valence-corrected chi connectivity index (χ0v) is 29.3. The van der Waals surface area contributed by atoms with Crippen LogP contribution in [0, 0.1) is 6.92 Å². The second kappa shape index (κ2) is 14.3. The number of fused-ring (bicyclic) bond motifs is 1. The minimum atomic E-state index is -0.130. The Bertz CT molecular complexity index is 2190. The van der Waals surface area contributed by atoms with Gasteiger partial charge in [-0.2, -0.15) is 0 Å². The zero-order valence-electron chi connectivity index (χ0n) is 27.8. The lowest BCUT2D eigenvalue weighted by Crippen LogP contribution is -2.40. The summed E-state index contributed by atoms with van der Waals surface area (Å²) in [4.78, 5) is 47.8. The van der Waals surface area contributed by atoms with Gasteiger partial charge in [0.1, 0.15) is 10.8 Å². The zero-order chi connectivity index (χ0) is 34.9. The molecule has 0 aliphatic carbocycles. The first-order valence-corrected chi connectivity index (χ1v) is 17.5. The van der Waals surface area contributed by atoms with Crippen LogP contribution < -0.4 is 21.5 Å². The van der Waals surface area contributed by atoms with Gasteiger partial charge in [-0.25, -0.2) is 9.97 Å². The van der Waals surface area contributed by atoms with Crippen molar-refractivity contribution in [1.82, 2.24) is 35.2 Å². The fourth-order valence-electron chi connectivity index (χ4n) is 6.83. The van der Waals surface area contributed by atoms with E-state index < -0.39 is 0 Å². The number of nitrogens with zero attached hydrogens (tertiary/aromatic N) is 4. The average Bonchev–Trinajstić information content (AvgIpc) is 3.74. The Kier molecular flexibility index (Phi) is 9.70. The third kappa shape index (κ3) is 6.89. The number of carbonyl (C=O) groups is 2. The van der Waals surface area contributed by atoms with E-state index >= 15 is 0 Å². The molecule has 0 unspecified atom stereocenters. The SMILES string of the molecule is Cc1c(-c2ccn3c(=O)c(CNC[C@@H]4CCC(=O)N4)cnc3c2)cccc1-c1cccc(-c2ccc(CN(C)[C@H]3CCC(=O)N3)c(Cl)n2)c1Cl. The molecule has 12 heteroatoms. The summed E-state index contributed by atoms with van der Waals surface area (Å²) in [5.41, 5.74) is 8.08. The van der Waals surface area contributed by atoms with Crippen molar-refractivity contribution in [1.29, 1.82) is 0 Å². The first-order chi connectivity index (χ1) is 24.2. The Morgan fingerprint density at radius 3 is 2.38 bits per heavy atom. The first kappa shape index (κ1) is 33.9. The van der Waals surface area contributed by atoms with Gasteiger partial charge < -0.3 is 16.0 Å². The minimum absolute atomic E-state index is 0.0166. The highest BCUT2D eigenvalue weighted by atomic mass is 35.5. The van der Waals surface area contributed by atoms with E-state index in [0.717, 1.165) is 51.8 Å². The van der Waals surface area contributed by atoms with E-state index in [9.17, 15) is 14.4 Å². The summed E-state index contributed by atoms with van der Waals surface area (Å²) in [6.07, 6.45) is 6.01. The number of benzene rings is 2. The van der Waals surface area contributed by atoms with Crippen molar-refractivity contribution in [2.45, 2.75) is 57.9 Å². The summed E-state index contributed by atoms with van der Waals surface area (Å²) in [6.45, 7) is 3.59. The molecule has 3 N–H and O–H groups in total. The number of halogens is 2. The maximum absolute atomic E-state index is 13.3. The van der Waals surface area contributed by atoms with Gasteiger partial charge >= 0.3 is 0 Å². The molecule has 0 spiro atoms. The quantitative estimate of drug-likeness (QED) is 0.158. The number of carbonyl (C=O) groups excluding carboxylic acids is 2. The minimum Gasteiger partial charge on any atom is -0.352 e. The monoisotopic (exact) mass is 709 g/mol. The molecule has 50 heavy (non-hydrogen) atoms. The summed E-state index contributed by atoms with van der Waals surface area (Å²) in [5.74, 6) is 0.134. The lowest BCUT2D eigenvalue weighted by molar-refractivity contribution is -0.120. The van der Waals surface area contributed by atoms with E-state index in [2.05, 4.69) is 38.8 Å². The summed E-state index contributed by atoms with van der Waals surface area (Å²) in [6, 6.07) is 19.8. The van der Waals surface area contributed by atoms with Crippen molar-refractivity contribution in [3.05, 3.63) is 110 Å². The average molecular weight is 711 g/mol. The standard InChI is InChI=1S/C38H37Cl2N7O3/c1-22-27(23-15-16-47-33(17-23)42-19-25(38(47)50)18-41-20-26-10-13-34(48)43-26)5-3-6-28(22)29-7-4-8-30(36(29)39)31-11-9-24(37(40)44-31)21-46(2)32-12-14-35(49)45-32/h3-9,11,15-17,19,26,32,41H,10,12-14,18,20-21H2,1-2H3,(H,43,48)(H,45,49)/t26-,32-/m0/s1. The third-order valence-corrected chi connectivity index (χ3v) is 10.4. The number of nitrogens with one attached hydrogen (secondary N) is 3. The van der Waals surface area contributed by atoms with Crippen LogP contribution in [0.3, 0.4) is 0 Å². The van der Waals surface area contributed by atoms with Gasteiger partial charge in [0.25, 0.3) is 5.56 Å². The van der Waals surface area contributed by atoms with Crippen molar-refractivity contribution in [3.8, 4) is 33.5 Å². The number of hydrogen-bond acceptors (Lipinski definition) is 7. The molecular formula is C38H37Cl2N7O3. The number of hydrogen-bond donors (Lipinski definition) is 3. The van der Waals surface area contributed by atoms with Gasteiger partial charge in [0.2, 0.25) is 11.8 Å². The first-order valence-electron chi connectivity index (χ1n) is 16.7. The van der Waals surface area contributed by atoms with Gasteiger partial charge in [-0.05, 0) is 67.3 Å². The maximum Gasteiger partial charge on any atom is 0.262 e. The number of rotatable bonds is 10. The number of aromatic nitrogens is 3. The topological polar surface area (TPSA) is 121 Å². The lowest BCUT2D eigenvalue weighted by Gasteiger charge is -2.24. The molecule has 2 amide bonds. The molecule has 2 saturated heterocycles. The fourth-order valence-corrected chi connectivity index (χ4v) is 7.37. The van der Waals surface area contributed by atoms with Crippen molar-refractivity contribution in [2.75, 3.05) is 13.6 Å². The predicted molar refractivity (Wildman–Crippen MR) is 196 cm³/mol. The van der Waals surface area contributed by atoms with Crippen molar-refractivity contribution in [2.24, 2.45) is 0 Å². The largest absolute Gasteiger partial charge is 0.352 e. The molecule has 0 saturated carbocycles. The van der Waals surface area contributed by atoms with E-state index in [1.165, 1.54) is 0 Å². The van der Waals surface area contributed by atoms with E-state index in [1.807, 2.05) is 61.6 Å². The molecule has 5 aromatic rings. The second-order valence-corrected chi connectivity index (χ2v) is 13.7. The summed E-state index contributed by atoms with van der Waals surface area (Å²) in [5, 5.41) is 10.1. The van der Waals surface area contributed by atoms with E-state index in [1.54, 1.807) is 16.8 Å². The molecule has 2 aliphatic heterocycles. The summed E-state index contributed by atoms with van der Waals surface area (Å²) in [7, 11) is 1.96. The molecule has 3 aromatic heterocycles. The Hall–Kier alpha value is -4.61. The highest BCUT2D eigenvalue weighted by Crippen LogP contribution is 2.40. The molecule has 0 radical (unpaired) electrons. The van der Waals surface area contributed by atoms with Crippen LogP contribution in [0.15, 0.2) is 77.9 Å². The van der Waals surface area contributed by atoms with Crippen LogP contribution in [-0.2, 0) is 22.7 Å². The molecule has 2 aliphatic rings. The maximum atomic E-state index is 13.3. The van der Waals surface area contributed by atoms with Gasteiger partial charge in [0.05, 0.1) is 16.9 Å². The molecular weight excluding hydrogens is 673 g/mol. The molecule has 2 fully saturated rings. The normalized spacial score (nSPS) is 17.5. The smallest absolute Gasteiger partial charge is 0.262 e. The lowest BCUT2D eigenvalue weighted by atomic mass is 9.92. The third-order valence-electron chi connectivity index (χ3n) is 9.63. The Morgan fingerprint density at radius 1 is 0.900 bits per heavy atom. The van der Waals surface area contributed by atoms with Gasteiger partial charge in [0, 0.05) is 73.2 Å². The van der Waals surface area contributed by atoms with Crippen LogP contribution in [0.1, 0.15) is 42.4 Å². The van der Waals surface area contributed by atoms with Crippen LogP contribution in [-0.4, -0.2) is 56.9 Å². The van der Waals surface area contributed by atoms with Crippen LogP contribution >= 0.6 is 23.2 Å². The summed E-state index contributed by atoms with van der Waals surface area (Å²) < 4.78 is 1.56. The van der Waals surface area contributed by atoms with Crippen LogP contribution in [0.2, 0.25) is 10.2 Å². The molecule has 0 bridgehead atoms. The molecule has 7 rings (SSSR count). The van der Waals surface area contributed by atoms with Crippen molar-refractivity contribution in [3.63, 3.8) is 0 Å². The highest BCUT2D eigenvalue weighted by Gasteiger charge is 2.25. The summed E-state index contributed by atoms with van der Waals surface area (Å²) >= 11 is 13.8. The Morgan fingerprint density at radius 2 is 1.64 bits per heavy atom. The van der Waals surface area contributed by atoms with Crippen molar-refractivity contribution >= 4 is 40.7 Å². The number of amides is 2. The van der Waals surface area contributed by atoms with Gasteiger partial charge in [-0.1, -0.05) is 65.7 Å². The van der Waals surface area contributed by atoms with Crippen LogP contribution in [0.5, 0.6) is 0 Å². The molecule has 2 atom stereocenters. The predicted octanol–water partition coefficient (Wildman–Crippen LogP) is 5.74. The number of pyridine rings is 2. The van der Waals surface area contributed by atoms with Crippen molar-refractivity contribution < 1.29 is 9.59 Å². The Labute approximate surface area is 299 Å². The van der Waals surface area contributed by atoms with Gasteiger partial charge in [-0.3, -0.25) is 23.7 Å². The molecule has 2 aromatic carbocycles. The fraction of sp³-hybridized carbons (Fsp3) is 0.289. The van der Waals surface area contributed by atoms with Crippen LogP contribution in [0.25, 0.3) is 39.2 Å². The van der Waals surface area contributed by atoms with Gasteiger partial charge in [-0.15, -0.1) is 0 Å². The second-order valence-electron chi connectivity index (χ2n) is 13.0. The molecule has 10 nitrogen and oxygen atoms in total. The van der Waals surface area contributed by atoms with E-state index in [0.29, 0.717) is 59.6 Å². The van der Waals surface area contributed by atoms with E-state index in [-0.39, 0.29) is 29.6 Å². The van der Waals surface area contributed by atoms with Crippen LogP contribution in [0.4, 0.5) is 0 Å². The Balaban J connectivity index is 1.12. The molecule has 256 valence electrons. The van der Waals surface area contributed by atoms with E-state index in [4.69, 9.17) is 28.2 Å².